The van der Waals surface area contributed by atoms with Gasteiger partial charge in [0.15, 0.2) is 0 Å². The van der Waals surface area contributed by atoms with E-state index in [2.05, 4.69) is 48.2 Å². The second kappa shape index (κ2) is 15.5. The number of methoxy groups -OCH3 is 1. The lowest BCUT2D eigenvalue weighted by atomic mass is 9.85. The van der Waals surface area contributed by atoms with Crippen LogP contribution >= 0.6 is 0 Å². The Morgan fingerprint density at radius 3 is 2.42 bits per heavy atom. The number of aromatic nitrogens is 8. The normalized spacial score (nSPS) is 20.7. The lowest BCUT2D eigenvalue weighted by Crippen LogP contribution is -2.45. The Morgan fingerprint density at radius 1 is 0.917 bits per heavy atom. The molecule has 2 aliphatic heterocycles. The summed E-state index contributed by atoms with van der Waals surface area (Å²) in [5, 5.41) is 16.5. The van der Waals surface area contributed by atoms with Gasteiger partial charge in [-0.1, -0.05) is 17.3 Å². The SMILES string of the molecule is COc1cc2nn([C@H]3CC[C@H](CN(C)C4CCN(c5cccc6c5n(C)c(=O)n6C5CCC(=O)NC5=O)CC4)CC3)cc2cc1-n1cc(-c2cccc(C(F)(F)F)n2)nn1. The van der Waals surface area contributed by atoms with Crippen LogP contribution in [0.1, 0.15) is 69.1 Å². The van der Waals surface area contributed by atoms with Crippen LogP contribution in [0.3, 0.4) is 0 Å². The van der Waals surface area contributed by atoms with Gasteiger partial charge in [0.05, 0.1) is 47.3 Å². The number of ether oxygens (including phenoxy) is 1. The van der Waals surface area contributed by atoms with E-state index in [4.69, 9.17) is 9.84 Å². The first-order chi connectivity index (χ1) is 28.9. The molecule has 1 aliphatic carbocycles. The summed E-state index contributed by atoms with van der Waals surface area (Å²) < 4.78 is 52.2. The molecule has 3 fully saturated rings. The number of pyridine rings is 1. The number of imidazole rings is 1. The van der Waals surface area contributed by atoms with Crippen molar-refractivity contribution in [3.63, 3.8) is 0 Å². The maximum Gasteiger partial charge on any atom is 0.433 e. The number of imide groups is 1. The Morgan fingerprint density at radius 2 is 1.68 bits per heavy atom. The first-order valence-electron chi connectivity index (χ1n) is 20.4. The molecule has 6 aromatic rings. The number of rotatable bonds is 9. The molecule has 0 spiro atoms. The van der Waals surface area contributed by atoms with E-state index in [0.717, 1.165) is 86.3 Å². The molecule has 18 heteroatoms. The van der Waals surface area contributed by atoms with E-state index in [-0.39, 0.29) is 35.4 Å². The van der Waals surface area contributed by atoms with Gasteiger partial charge in [0.25, 0.3) is 0 Å². The molecular formula is C42H46F3N11O4. The number of fused-ring (bicyclic) bond motifs is 2. The molecule has 2 saturated heterocycles. The summed E-state index contributed by atoms with van der Waals surface area (Å²) in [6, 6.07) is 13.3. The number of halogens is 3. The molecule has 0 radical (unpaired) electrons. The van der Waals surface area contributed by atoms with E-state index in [1.807, 2.05) is 30.5 Å². The Hall–Kier alpha value is -6.04. The number of nitrogens with one attached hydrogen (secondary N) is 1. The quantitative estimate of drug-likeness (QED) is 0.181. The van der Waals surface area contributed by atoms with E-state index in [1.54, 1.807) is 23.3 Å². The Kier molecular flexibility index (Phi) is 10.2. The third-order valence-corrected chi connectivity index (χ3v) is 12.6. The minimum atomic E-state index is -4.57. The fraction of sp³-hybridized carbons (Fsp3) is 0.452. The molecule has 2 aromatic carbocycles. The molecule has 15 nitrogen and oxygen atoms in total. The maximum absolute atomic E-state index is 13.5. The van der Waals surface area contributed by atoms with Crippen LogP contribution in [-0.2, 0) is 22.8 Å². The zero-order valence-electron chi connectivity index (χ0n) is 33.6. The van der Waals surface area contributed by atoms with Crippen LogP contribution in [0.25, 0.3) is 39.0 Å². The summed E-state index contributed by atoms with van der Waals surface area (Å²) in [7, 11) is 5.53. The van der Waals surface area contributed by atoms with E-state index < -0.39 is 23.8 Å². The summed E-state index contributed by atoms with van der Waals surface area (Å²) >= 11 is 0. The van der Waals surface area contributed by atoms with Gasteiger partial charge in [0, 0.05) is 56.8 Å². The van der Waals surface area contributed by atoms with Crippen LogP contribution in [0.5, 0.6) is 5.75 Å². The Balaban J connectivity index is 0.816. The summed E-state index contributed by atoms with van der Waals surface area (Å²) in [5.74, 6) is 0.335. The fourth-order valence-electron chi connectivity index (χ4n) is 9.42. The number of para-hydroxylation sites is 1. The molecule has 6 heterocycles. The molecule has 1 atom stereocenters. The van der Waals surface area contributed by atoms with Crippen molar-refractivity contribution in [2.75, 3.05) is 38.7 Å². The average molecular weight is 826 g/mol. The molecule has 2 amide bonds. The van der Waals surface area contributed by atoms with Crippen molar-refractivity contribution in [3.05, 3.63) is 77.1 Å². The lowest BCUT2D eigenvalue weighted by molar-refractivity contribution is -0.141. The standard InChI is InChI=1S/C42H46F3N11O4/c1-51(27-16-18-53(19-17-27)32-7-5-8-33-39(32)52(2)41(59)56(33)34-14-15-38(57)47-40(34)58)22-25-10-12-28(13-11-25)54-23-26-20-35(36(60-3)21-30(26)49-54)55-24-31(48-50-55)29-6-4-9-37(46-29)42(43,44)45/h4-9,20-21,23-25,27-28,34H,10-19,22H2,1-3H3,(H,47,57,58)/t25-,28-,34?. The minimum Gasteiger partial charge on any atom is -0.494 e. The van der Waals surface area contributed by atoms with Crippen LogP contribution in [0.15, 0.2) is 65.7 Å². The molecule has 314 valence electrons. The number of hydrogen-bond donors (Lipinski definition) is 1. The van der Waals surface area contributed by atoms with Crippen molar-refractivity contribution in [1.29, 1.82) is 0 Å². The summed E-state index contributed by atoms with van der Waals surface area (Å²) in [4.78, 5) is 46.6. The first kappa shape index (κ1) is 39.4. The second-order valence-corrected chi connectivity index (χ2v) is 16.3. The van der Waals surface area contributed by atoms with Crippen LogP contribution < -0.4 is 20.6 Å². The molecule has 0 bridgehead atoms. The summed E-state index contributed by atoms with van der Waals surface area (Å²) in [6.45, 7) is 2.72. The molecule has 1 unspecified atom stereocenters. The van der Waals surface area contributed by atoms with Crippen LogP contribution in [-0.4, -0.2) is 95.4 Å². The lowest BCUT2D eigenvalue weighted by Gasteiger charge is -2.40. The van der Waals surface area contributed by atoms with Gasteiger partial charge in [-0.2, -0.15) is 18.3 Å². The zero-order chi connectivity index (χ0) is 41.9. The third kappa shape index (κ3) is 7.30. The van der Waals surface area contributed by atoms with Gasteiger partial charge in [-0.05, 0) is 88.2 Å². The highest BCUT2D eigenvalue weighted by Crippen LogP contribution is 2.37. The number of nitrogens with zero attached hydrogens (tertiary/aromatic N) is 10. The minimum absolute atomic E-state index is 0.0672. The number of piperidine rings is 2. The number of hydrogen-bond acceptors (Lipinski definition) is 10. The van der Waals surface area contributed by atoms with Crippen molar-refractivity contribution < 1.29 is 27.5 Å². The number of amides is 2. The van der Waals surface area contributed by atoms with E-state index >= 15 is 0 Å². The highest BCUT2D eigenvalue weighted by atomic mass is 19.4. The first-order valence-corrected chi connectivity index (χ1v) is 20.4. The number of alkyl halides is 3. The number of carbonyl (C=O) groups excluding carboxylic acids is 2. The predicted octanol–water partition coefficient (Wildman–Crippen LogP) is 5.67. The van der Waals surface area contributed by atoms with E-state index in [0.29, 0.717) is 35.3 Å². The van der Waals surface area contributed by atoms with Crippen LogP contribution in [0.4, 0.5) is 18.9 Å². The van der Waals surface area contributed by atoms with Crippen molar-refractivity contribution >= 4 is 39.4 Å². The highest BCUT2D eigenvalue weighted by molar-refractivity contribution is 6.00. The topological polar surface area (TPSA) is 150 Å². The summed E-state index contributed by atoms with van der Waals surface area (Å²) in [6.07, 6.45) is 5.68. The monoisotopic (exact) mass is 825 g/mol. The largest absolute Gasteiger partial charge is 0.494 e. The highest BCUT2D eigenvalue weighted by Gasteiger charge is 2.34. The van der Waals surface area contributed by atoms with E-state index in [1.165, 1.54) is 23.0 Å². The molecule has 9 rings (SSSR count). The molecule has 4 aromatic heterocycles. The third-order valence-electron chi connectivity index (χ3n) is 12.6. The van der Waals surface area contributed by atoms with Crippen LogP contribution in [0.2, 0.25) is 0 Å². The zero-order valence-corrected chi connectivity index (χ0v) is 33.6. The number of anilines is 1. The Bertz CT molecular complexity index is 2650. The molecule has 60 heavy (non-hydrogen) atoms. The average Bonchev–Trinajstić information content (AvgIpc) is 3.97. The molecule has 1 saturated carbocycles. The fourth-order valence-corrected chi connectivity index (χ4v) is 9.42. The van der Waals surface area contributed by atoms with Gasteiger partial charge in [-0.25, -0.2) is 14.5 Å². The van der Waals surface area contributed by atoms with Crippen molar-refractivity contribution in [1.82, 2.24) is 49.1 Å². The predicted molar refractivity (Wildman–Crippen MR) is 217 cm³/mol. The van der Waals surface area contributed by atoms with Gasteiger partial charge in [-0.15, -0.1) is 5.10 Å². The van der Waals surface area contributed by atoms with Crippen molar-refractivity contribution in [3.8, 4) is 22.8 Å². The number of aryl methyl sites for hydroxylation is 1. The number of benzene rings is 2. The van der Waals surface area contributed by atoms with Gasteiger partial charge in [-0.3, -0.25) is 28.7 Å². The molecule has 1 N–H and O–H groups in total. The van der Waals surface area contributed by atoms with Gasteiger partial charge in [0.1, 0.15) is 28.9 Å². The van der Waals surface area contributed by atoms with E-state index in [9.17, 15) is 27.6 Å². The van der Waals surface area contributed by atoms with Crippen molar-refractivity contribution in [2.45, 2.75) is 75.7 Å². The molecule has 3 aliphatic rings. The van der Waals surface area contributed by atoms with Gasteiger partial charge < -0.3 is 14.5 Å². The Labute approximate surface area is 342 Å². The smallest absolute Gasteiger partial charge is 0.433 e. The van der Waals surface area contributed by atoms with Gasteiger partial charge in [0.2, 0.25) is 11.8 Å². The second-order valence-electron chi connectivity index (χ2n) is 16.3. The maximum atomic E-state index is 13.5. The van der Waals surface area contributed by atoms with Crippen LogP contribution in [0, 0.1) is 5.92 Å². The van der Waals surface area contributed by atoms with Gasteiger partial charge >= 0.3 is 11.9 Å². The number of carbonyl (C=O) groups is 2. The summed E-state index contributed by atoms with van der Waals surface area (Å²) in [5.41, 5.74) is 2.86. The van der Waals surface area contributed by atoms with Crippen molar-refractivity contribution in [2.24, 2.45) is 13.0 Å². The molecular weight excluding hydrogens is 780 g/mol.